The number of hydrogen-bond acceptors (Lipinski definition) is 4. The number of hydrogen-bond donors (Lipinski definition) is 2. The second kappa shape index (κ2) is 4.28. The van der Waals surface area contributed by atoms with Crippen molar-refractivity contribution in [2.24, 2.45) is 5.84 Å². The topological polar surface area (TPSA) is 92.5 Å². The quantitative estimate of drug-likeness (QED) is 0.420. The van der Waals surface area contributed by atoms with Gasteiger partial charge in [0.25, 0.3) is 10.0 Å². The lowest BCUT2D eigenvalue weighted by atomic mass is 10.4. The van der Waals surface area contributed by atoms with Gasteiger partial charge in [0.05, 0.1) is 4.90 Å². The molecule has 0 bridgehead atoms. The van der Waals surface area contributed by atoms with E-state index in [1.165, 1.54) is 12.1 Å². The maximum atomic E-state index is 11.7. The Kier molecular flexibility index (Phi) is 3.28. The summed E-state index contributed by atoms with van der Waals surface area (Å²) in [5, 5.41) is 0. The standard InChI is InChI=1S/C8H11N3O3S/c1-11(8(12)10-9)15(13,14)7-5-3-2-4-6-7/h2-6H,9H2,1H3,(H,10,12). The fourth-order valence-corrected chi connectivity index (χ4v) is 2.04. The molecule has 1 aromatic rings. The Hall–Kier alpha value is -1.60. The number of hydrazine groups is 1. The predicted octanol–water partition coefficient (Wildman–Crippen LogP) is -0.110. The van der Waals surface area contributed by atoms with Crippen molar-refractivity contribution >= 4 is 16.1 Å². The molecule has 0 atom stereocenters. The van der Waals surface area contributed by atoms with E-state index < -0.39 is 16.1 Å². The molecule has 1 aromatic carbocycles. The highest BCUT2D eigenvalue weighted by Crippen LogP contribution is 2.12. The third-order valence-electron chi connectivity index (χ3n) is 1.81. The van der Waals surface area contributed by atoms with Crippen LogP contribution in [0.3, 0.4) is 0 Å². The third kappa shape index (κ3) is 2.25. The Bertz CT molecular complexity index is 443. The lowest BCUT2D eigenvalue weighted by molar-refractivity contribution is 0.228. The molecule has 0 saturated heterocycles. The molecule has 0 aromatic heterocycles. The molecule has 0 unspecified atom stereocenters. The summed E-state index contributed by atoms with van der Waals surface area (Å²) in [5.41, 5.74) is 1.75. The molecule has 0 fully saturated rings. The van der Waals surface area contributed by atoms with Crippen LogP contribution in [0.2, 0.25) is 0 Å². The van der Waals surface area contributed by atoms with Gasteiger partial charge in [-0.15, -0.1) is 0 Å². The van der Waals surface area contributed by atoms with E-state index in [-0.39, 0.29) is 4.90 Å². The summed E-state index contributed by atoms with van der Waals surface area (Å²) in [6, 6.07) is 6.73. The van der Waals surface area contributed by atoms with E-state index >= 15 is 0 Å². The molecule has 0 spiro atoms. The van der Waals surface area contributed by atoms with E-state index in [2.05, 4.69) is 0 Å². The Balaban J connectivity index is 3.09. The largest absolute Gasteiger partial charge is 0.345 e. The number of carbonyl (C=O) groups excluding carboxylic acids is 1. The van der Waals surface area contributed by atoms with Crippen molar-refractivity contribution in [3.05, 3.63) is 30.3 Å². The summed E-state index contributed by atoms with van der Waals surface area (Å²) >= 11 is 0. The minimum atomic E-state index is -3.81. The van der Waals surface area contributed by atoms with Crippen LogP contribution < -0.4 is 11.3 Å². The van der Waals surface area contributed by atoms with E-state index in [4.69, 9.17) is 5.84 Å². The SMILES string of the molecule is CN(C(=O)NN)S(=O)(=O)c1ccccc1. The summed E-state index contributed by atoms with van der Waals surface area (Å²) in [7, 11) is -2.68. The van der Waals surface area contributed by atoms with Gasteiger partial charge in [0.15, 0.2) is 0 Å². The van der Waals surface area contributed by atoms with Gasteiger partial charge in [-0.1, -0.05) is 18.2 Å². The van der Waals surface area contributed by atoms with Crippen LogP contribution in [-0.4, -0.2) is 25.8 Å². The zero-order chi connectivity index (χ0) is 11.5. The van der Waals surface area contributed by atoms with Gasteiger partial charge in [0.1, 0.15) is 0 Å². The maximum Gasteiger partial charge on any atom is 0.345 e. The normalized spacial score (nSPS) is 10.8. The van der Waals surface area contributed by atoms with E-state index in [0.717, 1.165) is 7.05 Å². The summed E-state index contributed by atoms with van der Waals surface area (Å²) < 4.78 is 24.0. The summed E-state index contributed by atoms with van der Waals surface area (Å²) in [4.78, 5) is 11.1. The van der Waals surface area contributed by atoms with Crippen LogP contribution in [0.4, 0.5) is 4.79 Å². The van der Waals surface area contributed by atoms with E-state index in [9.17, 15) is 13.2 Å². The molecular weight excluding hydrogens is 218 g/mol. The number of amides is 2. The van der Waals surface area contributed by atoms with Crippen LogP contribution in [0, 0.1) is 0 Å². The van der Waals surface area contributed by atoms with Crippen molar-refractivity contribution in [3.8, 4) is 0 Å². The first-order valence-electron chi connectivity index (χ1n) is 4.04. The van der Waals surface area contributed by atoms with Gasteiger partial charge >= 0.3 is 6.03 Å². The van der Waals surface area contributed by atoms with Gasteiger partial charge in [-0.2, -0.15) is 0 Å². The van der Waals surface area contributed by atoms with Gasteiger partial charge in [-0.3, -0.25) is 5.43 Å². The van der Waals surface area contributed by atoms with Crippen LogP contribution in [0.5, 0.6) is 0 Å². The third-order valence-corrected chi connectivity index (χ3v) is 3.57. The van der Waals surface area contributed by atoms with Gasteiger partial charge in [0, 0.05) is 7.05 Å². The minimum absolute atomic E-state index is 0.0381. The molecule has 2 amide bonds. The Morgan fingerprint density at radius 2 is 1.87 bits per heavy atom. The van der Waals surface area contributed by atoms with Crippen molar-refractivity contribution in [3.63, 3.8) is 0 Å². The molecule has 15 heavy (non-hydrogen) atoms. The number of nitrogens with two attached hydrogens (primary N) is 1. The van der Waals surface area contributed by atoms with Crippen molar-refractivity contribution in [1.29, 1.82) is 0 Å². The van der Waals surface area contributed by atoms with Crippen LogP contribution >= 0.6 is 0 Å². The van der Waals surface area contributed by atoms with Crippen LogP contribution in [0.1, 0.15) is 0 Å². The van der Waals surface area contributed by atoms with E-state index in [1.54, 1.807) is 23.6 Å². The molecule has 3 N–H and O–H groups in total. The van der Waals surface area contributed by atoms with Gasteiger partial charge < -0.3 is 0 Å². The number of sulfonamides is 1. The molecule has 82 valence electrons. The number of rotatable bonds is 2. The first-order chi connectivity index (χ1) is 7.00. The molecule has 0 aliphatic heterocycles. The van der Waals surface area contributed by atoms with Crippen molar-refractivity contribution in [2.75, 3.05) is 7.05 Å². The summed E-state index contributed by atoms with van der Waals surface area (Å²) in [6.45, 7) is 0. The first kappa shape index (κ1) is 11.5. The summed E-state index contributed by atoms with van der Waals surface area (Å²) in [6.07, 6.45) is 0. The van der Waals surface area contributed by atoms with Crippen molar-refractivity contribution < 1.29 is 13.2 Å². The second-order valence-corrected chi connectivity index (χ2v) is 4.70. The maximum absolute atomic E-state index is 11.7. The number of benzene rings is 1. The Morgan fingerprint density at radius 3 is 2.33 bits per heavy atom. The van der Waals surface area contributed by atoms with Gasteiger partial charge in [0.2, 0.25) is 0 Å². The molecule has 1 rings (SSSR count). The molecule has 7 heteroatoms. The molecule has 0 heterocycles. The minimum Gasteiger partial charge on any atom is -0.275 e. The van der Waals surface area contributed by atoms with Gasteiger partial charge in [-0.25, -0.2) is 23.4 Å². The van der Waals surface area contributed by atoms with E-state index in [0.29, 0.717) is 4.31 Å². The average Bonchev–Trinajstić information content (AvgIpc) is 2.28. The zero-order valence-electron chi connectivity index (χ0n) is 8.04. The fraction of sp³-hybridized carbons (Fsp3) is 0.125. The monoisotopic (exact) mass is 229 g/mol. The zero-order valence-corrected chi connectivity index (χ0v) is 8.86. The Morgan fingerprint density at radius 1 is 1.33 bits per heavy atom. The lowest BCUT2D eigenvalue weighted by Gasteiger charge is -2.16. The average molecular weight is 229 g/mol. The smallest absolute Gasteiger partial charge is 0.275 e. The van der Waals surface area contributed by atoms with Crippen LogP contribution in [0.25, 0.3) is 0 Å². The first-order valence-corrected chi connectivity index (χ1v) is 5.48. The molecule has 0 aliphatic rings. The predicted molar refractivity (Wildman–Crippen MR) is 54.1 cm³/mol. The Labute approximate surface area is 87.7 Å². The fourth-order valence-electron chi connectivity index (χ4n) is 0.951. The highest BCUT2D eigenvalue weighted by molar-refractivity contribution is 7.89. The van der Waals surface area contributed by atoms with Crippen molar-refractivity contribution in [1.82, 2.24) is 9.73 Å². The number of urea groups is 1. The second-order valence-electron chi connectivity index (χ2n) is 2.74. The molecule has 6 nitrogen and oxygen atoms in total. The summed E-state index contributed by atoms with van der Waals surface area (Å²) in [5.74, 6) is 4.84. The van der Waals surface area contributed by atoms with Gasteiger partial charge in [-0.05, 0) is 12.1 Å². The highest BCUT2D eigenvalue weighted by atomic mass is 32.2. The van der Waals surface area contributed by atoms with Crippen molar-refractivity contribution in [2.45, 2.75) is 4.90 Å². The van der Waals surface area contributed by atoms with E-state index in [1.807, 2.05) is 0 Å². The number of nitrogens with one attached hydrogen (secondary N) is 1. The molecule has 0 radical (unpaired) electrons. The van der Waals surface area contributed by atoms with Crippen LogP contribution in [-0.2, 0) is 10.0 Å². The highest BCUT2D eigenvalue weighted by Gasteiger charge is 2.24. The molecule has 0 saturated carbocycles. The molecule has 0 aliphatic carbocycles. The number of nitrogens with zero attached hydrogens (tertiary/aromatic N) is 1. The lowest BCUT2D eigenvalue weighted by Crippen LogP contribution is -2.44. The van der Waals surface area contributed by atoms with Crippen LogP contribution in [0.15, 0.2) is 35.2 Å². The molecular formula is C8H11N3O3S. The number of carbonyl (C=O) groups is 1.